The van der Waals surface area contributed by atoms with Crippen molar-refractivity contribution in [3.63, 3.8) is 0 Å². The zero-order valence-electron chi connectivity index (χ0n) is 17.3. The zero-order valence-corrected chi connectivity index (χ0v) is 19.6. The van der Waals surface area contributed by atoms with Gasteiger partial charge in [0.1, 0.15) is 0 Å². The number of rotatable bonds is 2. The van der Waals surface area contributed by atoms with Crippen LogP contribution in [0.5, 0.6) is 0 Å². The molecule has 2 aliphatic heterocycles. The summed E-state index contributed by atoms with van der Waals surface area (Å²) in [7, 11) is -0.407. The van der Waals surface area contributed by atoms with Crippen LogP contribution in [-0.4, -0.2) is 57.1 Å². The summed E-state index contributed by atoms with van der Waals surface area (Å²) in [5.74, 6) is 0. The van der Waals surface area contributed by atoms with E-state index in [0.717, 1.165) is 12.8 Å². The van der Waals surface area contributed by atoms with Crippen LogP contribution in [0, 0.1) is 0 Å². The Balaban J connectivity index is 1.70. The minimum absolute atomic E-state index is 0.203. The average molecular weight is 472 g/mol. The average Bonchev–Trinajstić information content (AvgIpc) is 3.13. The van der Waals surface area contributed by atoms with Crippen molar-refractivity contribution in [2.75, 3.05) is 0 Å². The van der Waals surface area contributed by atoms with Crippen LogP contribution in [0.1, 0.15) is 72.9 Å². The molecule has 4 rings (SSSR count). The standard InChI is InChI=1S/C19H30B2O4Te/c1-16(2)17(3,4)23-20(22-16)14-12-10-9-11-13(12)15(26-14)21-24-18(5,6)19(7,8)25-21/h9-11H2,1-8H3. The van der Waals surface area contributed by atoms with Crippen LogP contribution >= 0.6 is 0 Å². The van der Waals surface area contributed by atoms with Gasteiger partial charge in [-0.2, -0.15) is 0 Å². The zero-order chi connectivity index (χ0) is 19.1. The molecule has 1 aliphatic carbocycles. The molecule has 3 aliphatic rings. The summed E-state index contributed by atoms with van der Waals surface area (Å²) in [5, 5.41) is 0. The van der Waals surface area contributed by atoms with Crippen molar-refractivity contribution in [3.05, 3.63) is 11.1 Å². The fourth-order valence-electron chi connectivity index (χ4n) is 3.81. The SMILES string of the molecule is CC1(C)OB(c2[te]c(B3OC(C)(C)C(C)(C)O3)c3c2CCC3)OC1(C)C. The van der Waals surface area contributed by atoms with Gasteiger partial charge in [-0.15, -0.1) is 0 Å². The first kappa shape index (κ1) is 19.6. The molecule has 1 aromatic heterocycles. The summed E-state index contributed by atoms with van der Waals surface area (Å²) in [4.78, 5) is 0. The summed E-state index contributed by atoms with van der Waals surface area (Å²) < 4.78 is 28.4. The monoisotopic (exact) mass is 474 g/mol. The summed E-state index contributed by atoms with van der Waals surface area (Å²) in [6, 6.07) is 0. The number of hydrogen-bond donors (Lipinski definition) is 0. The quantitative estimate of drug-likeness (QED) is 0.617. The van der Waals surface area contributed by atoms with Crippen LogP contribution in [0.3, 0.4) is 0 Å². The van der Waals surface area contributed by atoms with Crippen molar-refractivity contribution in [2.24, 2.45) is 0 Å². The fourth-order valence-corrected chi connectivity index (χ4v) is 7.57. The van der Waals surface area contributed by atoms with Gasteiger partial charge in [-0.05, 0) is 0 Å². The van der Waals surface area contributed by atoms with Crippen molar-refractivity contribution < 1.29 is 18.6 Å². The molecule has 0 unspecified atom stereocenters. The molecule has 0 bridgehead atoms. The third-order valence-corrected chi connectivity index (χ3v) is 10.7. The van der Waals surface area contributed by atoms with Crippen LogP contribution < -0.4 is 6.96 Å². The van der Waals surface area contributed by atoms with Gasteiger partial charge < -0.3 is 0 Å². The van der Waals surface area contributed by atoms with E-state index in [1.807, 2.05) is 0 Å². The second-order valence-electron chi connectivity index (χ2n) is 9.82. The van der Waals surface area contributed by atoms with Crippen LogP contribution in [0.25, 0.3) is 0 Å². The molecule has 0 aromatic carbocycles. The van der Waals surface area contributed by atoms with Gasteiger partial charge in [-0.25, -0.2) is 0 Å². The Kier molecular flexibility index (Phi) is 4.42. The van der Waals surface area contributed by atoms with Crippen molar-refractivity contribution in [1.82, 2.24) is 0 Å². The van der Waals surface area contributed by atoms with Gasteiger partial charge >= 0.3 is 168 Å². The first-order valence-electron chi connectivity index (χ1n) is 9.70. The van der Waals surface area contributed by atoms with E-state index < -0.39 is 20.4 Å². The topological polar surface area (TPSA) is 36.9 Å². The van der Waals surface area contributed by atoms with Gasteiger partial charge in [0.05, 0.1) is 0 Å². The molecular weight excluding hydrogens is 441 g/mol. The fraction of sp³-hybridized carbons (Fsp3) is 0.789. The Hall–Kier alpha value is 0.239. The van der Waals surface area contributed by atoms with Gasteiger partial charge in [0.15, 0.2) is 0 Å². The molecule has 0 atom stereocenters. The third-order valence-electron chi connectivity index (χ3n) is 6.97. The molecule has 2 saturated heterocycles. The van der Waals surface area contributed by atoms with Crippen molar-refractivity contribution in [2.45, 2.75) is 97.1 Å². The molecule has 3 heterocycles. The maximum atomic E-state index is 6.39. The van der Waals surface area contributed by atoms with Crippen molar-refractivity contribution >= 4 is 41.6 Å². The Labute approximate surface area is 168 Å². The summed E-state index contributed by atoms with van der Waals surface area (Å²) in [6.45, 7) is 17.0. The molecule has 26 heavy (non-hydrogen) atoms. The minimum atomic E-state index is -0.580. The Bertz CT molecular complexity index is 648. The number of fused-ring (bicyclic) bond motifs is 1. The van der Waals surface area contributed by atoms with Crippen molar-refractivity contribution in [3.8, 4) is 0 Å². The van der Waals surface area contributed by atoms with E-state index in [1.54, 1.807) is 0 Å². The third kappa shape index (κ3) is 2.81. The molecule has 2 fully saturated rings. The maximum absolute atomic E-state index is 6.39. The first-order chi connectivity index (χ1) is 11.8. The number of hydrogen-bond acceptors (Lipinski definition) is 4. The van der Waals surface area contributed by atoms with Gasteiger partial charge in [0.25, 0.3) is 0 Å². The molecule has 142 valence electrons. The van der Waals surface area contributed by atoms with Gasteiger partial charge in [0, 0.05) is 0 Å². The molecule has 7 heteroatoms. The second-order valence-corrected chi connectivity index (χ2v) is 12.9. The molecule has 0 spiro atoms. The Morgan fingerprint density at radius 1 is 0.615 bits per heavy atom. The molecule has 1 aromatic rings. The van der Waals surface area contributed by atoms with Crippen LogP contribution in [0.4, 0.5) is 0 Å². The van der Waals surface area contributed by atoms with E-state index in [9.17, 15) is 0 Å². The molecule has 0 amide bonds. The molecule has 0 radical (unpaired) electrons. The van der Waals surface area contributed by atoms with Gasteiger partial charge in [-0.1, -0.05) is 0 Å². The van der Waals surface area contributed by atoms with Crippen molar-refractivity contribution in [1.29, 1.82) is 0 Å². The van der Waals surface area contributed by atoms with Crippen LogP contribution in [-0.2, 0) is 31.5 Å². The van der Waals surface area contributed by atoms with E-state index in [-0.39, 0.29) is 36.6 Å². The van der Waals surface area contributed by atoms with E-state index >= 15 is 0 Å². The Morgan fingerprint density at radius 2 is 0.923 bits per heavy atom. The van der Waals surface area contributed by atoms with Gasteiger partial charge in [0.2, 0.25) is 0 Å². The molecule has 4 nitrogen and oxygen atoms in total. The Morgan fingerprint density at radius 3 is 1.23 bits per heavy atom. The van der Waals surface area contributed by atoms with E-state index in [1.165, 1.54) is 24.5 Å². The molecular formula is C19H30B2O4Te. The summed E-state index contributed by atoms with van der Waals surface area (Å²) in [6.07, 6.45) is 3.49. The first-order valence-corrected chi connectivity index (χ1v) is 12.0. The second kappa shape index (κ2) is 5.88. The molecule has 0 N–H and O–H groups in total. The predicted molar refractivity (Wildman–Crippen MR) is 107 cm³/mol. The van der Waals surface area contributed by atoms with Crippen LogP contribution in [0.15, 0.2) is 0 Å². The molecule has 0 saturated carbocycles. The predicted octanol–water partition coefficient (Wildman–Crippen LogP) is 1.83. The van der Waals surface area contributed by atoms with E-state index in [4.69, 9.17) is 18.6 Å². The van der Waals surface area contributed by atoms with E-state index in [2.05, 4.69) is 55.4 Å². The summed E-state index contributed by atoms with van der Waals surface area (Å²) in [5.41, 5.74) is 1.84. The van der Waals surface area contributed by atoms with E-state index in [0.29, 0.717) is 0 Å². The summed E-state index contributed by atoms with van der Waals surface area (Å²) >= 11 is -0.580. The van der Waals surface area contributed by atoms with Gasteiger partial charge in [-0.3, -0.25) is 0 Å². The normalized spacial score (nSPS) is 28.0. The van der Waals surface area contributed by atoms with Crippen LogP contribution in [0.2, 0.25) is 0 Å².